The summed E-state index contributed by atoms with van der Waals surface area (Å²) in [7, 11) is 6.47. The number of phenolic OH excluding ortho intramolecular Hbond substituents is 1. The first-order valence-corrected chi connectivity index (χ1v) is 9.05. The van der Waals surface area contributed by atoms with E-state index >= 15 is 0 Å². The summed E-state index contributed by atoms with van der Waals surface area (Å²) in [5, 5.41) is 10.5. The standard InChI is InChI=1S/C21H25NO5/c1-24-17-7-12-5-6-22-11-13-8-19(26-3)20(23)21(27-4)15(13)9-16(22)14(12)10-18(17)25-2/h7-8,10,16,23H,5-6,9,11H2,1-4H3. The maximum atomic E-state index is 10.5. The van der Waals surface area contributed by atoms with Gasteiger partial charge < -0.3 is 24.1 Å². The van der Waals surface area contributed by atoms with Crippen molar-refractivity contribution in [2.75, 3.05) is 35.0 Å². The lowest BCUT2D eigenvalue weighted by molar-refractivity contribution is 0.157. The van der Waals surface area contributed by atoms with Gasteiger partial charge in [0.2, 0.25) is 5.75 Å². The lowest BCUT2D eigenvalue weighted by atomic mass is 9.83. The van der Waals surface area contributed by atoms with Gasteiger partial charge in [-0.05, 0) is 47.7 Å². The zero-order chi connectivity index (χ0) is 19.1. The molecule has 0 amide bonds. The minimum absolute atomic E-state index is 0.0653. The minimum atomic E-state index is 0.0653. The van der Waals surface area contributed by atoms with Crippen molar-refractivity contribution in [3.05, 3.63) is 40.5 Å². The molecule has 2 aliphatic heterocycles. The lowest BCUT2D eigenvalue weighted by Crippen LogP contribution is -2.39. The first kappa shape index (κ1) is 17.8. The quantitative estimate of drug-likeness (QED) is 0.891. The van der Waals surface area contributed by atoms with Crippen LogP contribution in [0.25, 0.3) is 0 Å². The summed E-state index contributed by atoms with van der Waals surface area (Å²) in [6.45, 7) is 1.76. The van der Waals surface area contributed by atoms with Gasteiger partial charge in [0.25, 0.3) is 0 Å². The maximum Gasteiger partial charge on any atom is 0.201 e. The molecular weight excluding hydrogens is 346 g/mol. The molecule has 2 aromatic carbocycles. The van der Waals surface area contributed by atoms with Crippen LogP contribution in [0.15, 0.2) is 18.2 Å². The molecule has 0 bridgehead atoms. The highest BCUT2D eigenvalue weighted by Crippen LogP contribution is 2.48. The molecule has 2 aliphatic rings. The zero-order valence-electron chi connectivity index (χ0n) is 16.2. The fraction of sp³-hybridized carbons (Fsp3) is 0.429. The largest absolute Gasteiger partial charge is 0.502 e. The third-order valence-corrected chi connectivity index (χ3v) is 5.72. The molecular formula is C21H25NO5. The summed E-state index contributed by atoms with van der Waals surface area (Å²) < 4.78 is 21.9. The van der Waals surface area contributed by atoms with Gasteiger partial charge in [-0.3, -0.25) is 4.90 Å². The Morgan fingerprint density at radius 3 is 2.22 bits per heavy atom. The number of ether oxygens (including phenoxy) is 4. The fourth-order valence-electron chi connectivity index (χ4n) is 4.38. The van der Waals surface area contributed by atoms with E-state index in [1.165, 1.54) is 11.1 Å². The Labute approximate surface area is 159 Å². The van der Waals surface area contributed by atoms with Crippen molar-refractivity contribution < 1.29 is 24.1 Å². The molecule has 2 aromatic rings. The van der Waals surface area contributed by atoms with E-state index in [9.17, 15) is 5.11 Å². The molecule has 0 spiro atoms. The molecule has 0 aromatic heterocycles. The van der Waals surface area contributed by atoms with Crippen molar-refractivity contribution in [3.8, 4) is 28.7 Å². The van der Waals surface area contributed by atoms with Crippen LogP contribution in [0.5, 0.6) is 28.7 Å². The van der Waals surface area contributed by atoms with E-state index in [1.54, 1.807) is 28.4 Å². The average molecular weight is 371 g/mol. The summed E-state index contributed by atoms with van der Waals surface area (Å²) in [5.74, 6) is 2.54. The van der Waals surface area contributed by atoms with Crippen molar-refractivity contribution in [2.24, 2.45) is 0 Å². The van der Waals surface area contributed by atoms with Crippen LogP contribution >= 0.6 is 0 Å². The van der Waals surface area contributed by atoms with Crippen molar-refractivity contribution in [1.29, 1.82) is 0 Å². The Morgan fingerprint density at radius 1 is 0.889 bits per heavy atom. The van der Waals surface area contributed by atoms with E-state index < -0.39 is 0 Å². The molecule has 2 heterocycles. The number of nitrogens with zero attached hydrogens (tertiary/aromatic N) is 1. The van der Waals surface area contributed by atoms with E-state index in [1.807, 2.05) is 6.07 Å². The number of benzene rings is 2. The van der Waals surface area contributed by atoms with Gasteiger partial charge in [-0.25, -0.2) is 0 Å². The molecule has 27 heavy (non-hydrogen) atoms. The lowest BCUT2D eigenvalue weighted by Gasteiger charge is -2.42. The van der Waals surface area contributed by atoms with E-state index in [-0.39, 0.29) is 11.8 Å². The molecule has 0 fully saturated rings. The Kier molecular flexibility index (Phi) is 4.52. The van der Waals surface area contributed by atoms with E-state index in [0.717, 1.165) is 48.6 Å². The number of phenols is 1. The van der Waals surface area contributed by atoms with Gasteiger partial charge in [0, 0.05) is 24.7 Å². The molecule has 1 unspecified atom stereocenters. The van der Waals surface area contributed by atoms with Crippen molar-refractivity contribution in [1.82, 2.24) is 4.90 Å². The SMILES string of the molecule is COc1cc2c(cc1OC)C1Cc3c(cc(OC)c(O)c3OC)CN1CC2. The van der Waals surface area contributed by atoms with Gasteiger partial charge in [-0.1, -0.05) is 0 Å². The Morgan fingerprint density at radius 2 is 1.56 bits per heavy atom. The van der Waals surface area contributed by atoms with Crippen LogP contribution < -0.4 is 18.9 Å². The number of hydrogen-bond donors (Lipinski definition) is 1. The molecule has 0 saturated carbocycles. The molecule has 0 saturated heterocycles. The van der Waals surface area contributed by atoms with Crippen LogP contribution in [-0.4, -0.2) is 45.0 Å². The molecule has 4 rings (SSSR count). The number of aromatic hydroxyl groups is 1. The first-order valence-electron chi connectivity index (χ1n) is 9.05. The minimum Gasteiger partial charge on any atom is -0.502 e. The molecule has 0 radical (unpaired) electrons. The summed E-state index contributed by atoms with van der Waals surface area (Å²) in [4.78, 5) is 2.46. The third kappa shape index (κ3) is 2.75. The third-order valence-electron chi connectivity index (χ3n) is 5.72. The Hall–Kier alpha value is -2.60. The van der Waals surface area contributed by atoms with Crippen LogP contribution in [-0.2, 0) is 19.4 Å². The zero-order valence-corrected chi connectivity index (χ0v) is 16.2. The highest BCUT2D eigenvalue weighted by Gasteiger charge is 2.35. The summed E-state index contributed by atoms with van der Waals surface area (Å²) in [6.07, 6.45) is 1.73. The van der Waals surface area contributed by atoms with Gasteiger partial charge in [0.1, 0.15) is 0 Å². The highest BCUT2D eigenvalue weighted by molar-refractivity contribution is 5.60. The molecule has 1 N–H and O–H groups in total. The fourth-order valence-corrected chi connectivity index (χ4v) is 4.38. The van der Waals surface area contributed by atoms with Gasteiger partial charge in [-0.2, -0.15) is 0 Å². The Bertz CT molecular complexity index is 880. The number of fused-ring (bicyclic) bond motifs is 4. The van der Waals surface area contributed by atoms with Gasteiger partial charge in [-0.15, -0.1) is 0 Å². The van der Waals surface area contributed by atoms with Crippen molar-refractivity contribution >= 4 is 0 Å². The number of methoxy groups -OCH3 is 4. The summed E-state index contributed by atoms with van der Waals surface area (Å²) in [6, 6.07) is 6.31. The van der Waals surface area contributed by atoms with Crippen LogP contribution in [0.4, 0.5) is 0 Å². The predicted molar refractivity (Wildman–Crippen MR) is 101 cm³/mol. The van der Waals surface area contributed by atoms with Crippen LogP contribution in [0.1, 0.15) is 28.3 Å². The van der Waals surface area contributed by atoms with Crippen LogP contribution in [0.2, 0.25) is 0 Å². The molecule has 1 atom stereocenters. The second-order valence-electron chi connectivity index (χ2n) is 6.94. The van der Waals surface area contributed by atoms with Crippen molar-refractivity contribution in [2.45, 2.75) is 25.4 Å². The maximum absolute atomic E-state index is 10.5. The predicted octanol–water partition coefficient (Wildman–Crippen LogP) is 3.08. The average Bonchev–Trinajstić information content (AvgIpc) is 2.70. The smallest absolute Gasteiger partial charge is 0.201 e. The van der Waals surface area contributed by atoms with Crippen molar-refractivity contribution in [3.63, 3.8) is 0 Å². The van der Waals surface area contributed by atoms with Gasteiger partial charge in [0.15, 0.2) is 23.0 Å². The van der Waals surface area contributed by atoms with Gasteiger partial charge >= 0.3 is 0 Å². The molecule has 6 nitrogen and oxygen atoms in total. The number of hydrogen-bond acceptors (Lipinski definition) is 6. The number of rotatable bonds is 4. The summed E-state index contributed by atoms with van der Waals surface area (Å²) >= 11 is 0. The second-order valence-corrected chi connectivity index (χ2v) is 6.94. The van der Waals surface area contributed by atoms with Crippen LogP contribution in [0, 0.1) is 0 Å². The molecule has 144 valence electrons. The van der Waals surface area contributed by atoms with Gasteiger partial charge in [0.05, 0.1) is 28.4 Å². The second kappa shape index (κ2) is 6.85. The summed E-state index contributed by atoms with van der Waals surface area (Å²) in [5.41, 5.74) is 4.72. The van der Waals surface area contributed by atoms with E-state index in [2.05, 4.69) is 17.0 Å². The molecule has 0 aliphatic carbocycles. The monoisotopic (exact) mass is 371 g/mol. The van der Waals surface area contributed by atoms with E-state index in [4.69, 9.17) is 18.9 Å². The topological polar surface area (TPSA) is 60.4 Å². The van der Waals surface area contributed by atoms with Crippen LogP contribution in [0.3, 0.4) is 0 Å². The molecule has 6 heteroatoms. The highest BCUT2D eigenvalue weighted by atomic mass is 16.5. The first-order chi connectivity index (χ1) is 13.1. The van der Waals surface area contributed by atoms with E-state index in [0.29, 0.717) is 11.5 Å². The normalized spacial score (nSPS) is 18.1. The Balaban J connectivity index is 1.80.